The maximum atomic E-state index is 11.0. The molecule has 14 heavy (non-hydrogen) atoms. The number of aromatic nitrogens is 1. The first-order valence-corrected chi connectivity index (χ1v) is 4.50. The van der Waals surface area contributed by atoms with Crippen LogP contribution in [0.2, 0.25) is 5.02 Å². The Hall–Kier alpha value is -1.32. The number of benzene rings is 1. The number of para-hydroxylation sites is 1. The van der Waals surface area contributed by atoms with Crippen LogP contribution in [0.1, 0.15) is 0 Å². The third kappa shape index (κ3) is 2.13. The third-order valence-electron chi connectivity index (χ3n) is 1.70. The maximum Gasteiger partial charge on any atom is 0.249 e. The van der Waals surface area contributed by atoms with Crippen LogP contribution in [0.25, 0.3) is 10.9 Å². The molecule has 0 atom stereocenters. The molecule has 0 saturated carbocycles. The van der Waals surface area contributed by atoms with Gasteiger partial charge in [0.1, 0.15) is 0 Å². The Kier molecular flexibility index (Phi) is 3.68. The van der Waals surface area contributed by atoms with Crippen LogP contribution in [-0.4, -0.2) is 12.0 Å². The number of rotatable bonds is 0. The Bertz CT molecular complexity index is 479. The average Bonchev–Trinajstić information content (AvgIpc) is 2.20. The second-order valence-corrected chi connectivity index (χ2v) is 2.93. The lowest BCUT2D eigenvalue weighted by molar-refractivity contribution is 1.31. The van der Waals surface area contributed by atoms with Crippen molar-refractivity contribution in [2.45, 2.75) is 0 Å². The highest BCUT2D eigenvalue weighted by Gasteiger charge is 1.98. The largest absolute Gasteiger partial charge is 0.333 e. The predicted molar refractivity (Wildman–Crippen MR) is 59.7 cm³/mol. The van der Waals surface area contributed by atoms with Crippen molar-refractivity contribution in [1.29, 1.82) is 0 Å². The highest BCUT2D eigenvalue weighted by molar-refractivity contribution is 6.35. The fraction of sp³-hybridized carbons (Fsp3) is 0.100. The molecule has 0 aliphatic heterocycles. The summed E-state index contributed by atoms with van der Waals surface area (Å²) in [7, 11) is 1.50. The number of hydrogen-bond donors (Lipinski definition) is 2. The normalized spacial score (nSPS) is 9.36. The minimum atomic E-state index is -0.168. The molecule has 0 spiro atoms. The fourth-order valence-corrected chi connectivity index (χ4v) is 1.43. The topological polar surface area (TPSA) is 58.9 Å². The van der Waals surface area contributed by atoms with Gasteiger partial charge in [0.05, 0.1) is 5.02 Å². The van der Waals surface area contributed by atoms with Gasteiger partial charge < -0.3 is 10.7 Å². The van der Waals surface area contributed by atoms with E-state index in [0.717, 1.165) is 10.9 Å². The summed E-state index contributed by atoms with van der Waals surface area (Å²) in [6.45, 7) is 0. The molecule has 1 heterocycles. The van der Waals surface area contributed by atoms with Crippen LogP contribution in [0.4, 0.5) is 0 Å². The van der Waals surface area contributed by atoms with Crippen molar-refractivity contribution in [2.75, 3.05) is 7.05 Å². The van der Waals surface area contributed by atoms with E-state index in [1.165, 1.54) is 13.1 Å². The van der Waals surface area contributed by atoms with E-state index in [-0.39, 0.29) is 5.56 Å². The Labute approximate surface area is 86.5 Å². The van der Waals surface area contributed by atoms with E-state index in [2.05, 4.69) is 10.7 Å². The van der Waals surface area contributed by atoms with E-state index >= 15 is 0 Å². The van der Waals surface area contributed by atoms with Gasteiger partial charge in [-0.05, 0) is 13.1 Å². The highest BCUT2D eigenvalue weighted by Crippen LogP contribution is 2.18. The maximum absolute atomic E-state index is 11.0. The number of nitrogens with two attached hydrogens (primary N) is 1. The summed E-state index contributed by atoms with van der Waals surface area (Å²) >= 11 is 5.84. The van der Waals surface area contributed by atoms with Crippen LogP contribution < -0.4 is 11.3 Å². The summed E-state index contributed by atoms with van der Waals surface area (Å²) in [5.41, 5.74) is 5.11. The highest BCUT2D eigenvalue weighted by atomic mass is 35.5. The molecule has 2 rings (SSSR count). The third-order valence-corrected chi connectivity index (χ3v) is 2.01. The molecule has 4 heteroatoms. The molecule has 3 nitrogen and oxygen atoms in total. The van der Waals surface area contributed by atoms with Gasteiger partial charge in [0.25, 0.3) is 0 Å². The summed E-state index contributed by atoms with van der Waals surface area (Å²) in [5.74, 6) is 0. The van der Waals surface area contributed by atoms with E-state index in [4.69, 9.17) is 11.6 Å². The lowest BCUT2D eigenvalue weighted by Crippen LogP contribution is -2.02. The van der Waals surface area contributed by atoms with Crippen molar-refractivity contribution in [3.63, 3.8) is 0 Å². The van der Waals surface area contributed by atoms with E-state index in [9.17, 15) is 4.79 Å². The molecule has 0 bridgehead atoms. The minimum Gasteiger partial charge on any atom is -0.333 e. The van der Waals surface area contributed by atoms with Crippen molar-refractivity contribution in [1.82, 2.24) is 4.98 Å². The Morgan fingerprint density at radius 1 is 1.29 bits per heavy atom. The molecule has 0 aliphatic carbocycles. The number of nitrogens with one attached hydrogen (secondary N) is 1. The number of pyridine rings is 1. The monoisotopic (exact) mass is 210 g/mol. The molecule has 0 saturated heterocycles. The molecular formula is C10H11ClN2O. The number of H-pyrrole nitrogens is 1. The van der Waals surface area contributed by atoms with E-state index in [1.807, 2.05) is 24.3 Å². The van der Waals surface area contributed by atoms with Gasteiger partial charge >= 0.3 is 0 Å². The predicted octanol–water partition coefficient (Wildman–Crippen LogP) is 1.76. The van der Waals surface area contributed by atoms with Crippen molar-refractivity contribution >= 4 is 22.5 Å². The molecule has 0 aliphatic rings. The van der Waals surface area contributed by atoms with Gasteiger partial charge in [0, 0.05) is 17.0 Å². The van der Waals surface area contributed by atoms with Crippen molar-refractivity contribution < 1.29 is 0 Å². The Balaban J connectivity index is 0.000000461. The van der Waals surface area contributed by atoms with Crippen LogP contribution in [0, 0.1) is 0 Å². The van der Waals surface area contributed by atoms with Crippen molar-refractivity contribution in [3.8, 4) is 0 Å². The first kappa shape index (κ1) is 10.8. The molecule has 2 aromatic rings. The van der Waals surface area contributed by atoms with Crippen LogP contribution in [0.15, 0.2) is 35.1 Å². The summed E-state index contributed by atoms with van der Waals surface area (Å²) < 4.78 is 0. The molecule has 74 valence electrons. The molecular weight excluding hydrogens is 200 g/mol. The minimum absolute atomic E-state index is 0.168. The van der Waals surface area contributed by atoms with Gasteiger partial charge in [-0.25, -0.2) is 0 Å². The second-order valence-electron chi connectivity index (χ2n) is 2.53. The zero-order valence-corrected chi connectivity index (χ0v) is 8.51. The van der Waals surface area contributed by atoms with Crippen molar-refractivity contribution in [3.05, 3.63) is 45.7 Å². The summed E-state index contributed by atoms with van der Waals surface area (Å²) in [6, 6.07) is 8.81. The van der Waals surface area contributed by atoms with Crippen LogP contribution in [0.5, 0.6) is 0 Å². The van der Waals surface area contributed by atoms with Gasteiger partial charge in [-0.2, -0.15) is 0 Å². The van der Waals surface area contributed by atoms with Crippen molar-refractivity contribution in [2.24, 2.45) is 5.73 Å². The van der Waals surface area contributed by atoms with Crippen LogP contribution in [0.3, 0.4) is 0 Å². The summed E-state index contributed by atoms with van der Waals surface area (Å²) in [4.78, 5) is 13.7. The first-order valence-electron chi connectivity index (χ1n) is 4.13. The molecule has 0 radical (unpaired) electrons. The summed E-state index contributed by atoms with van der Waals surface area (Å²) in [5, 5.41) is 1.37. The van der Waals surface area contributed by atoms with Gasteiger partial charge in [0.15, 0.2) is 0 Å². The van der Waals surface area contributed by atoms with Gasteiger partial charge in [-0.1, -0.05) is 29.8 Å². The number of hydrogen-bond acceptors (Lipinski definition) is 2. The van der Waals surface area contributed by atoms with Crippen LogP contribution in [-0.2, 0) is 0 Å². The standard InChI is InChI=1S/C9H6ClNO.CH5N/c10-7-5-9(12)11-8-4-2-1-3-6(7)8;1-2/h1-5H,(H,11,12);2H2,1H3. The molecule has 3 N–H and O–H groups in total. The molecule has 0 unspecified atom stereocenters. The molecule has 1 aromatic heterocycles. The summed E-state index contributed by atoms with van der Waals surface area (Å²) in [6.07, 6.45) is 0. The van der Waals surface area contributed by atoms with E-state index in [0.29, 0.717) is 5.02 Å². The van der Waals surface area contributed by atoms with E-state index in [1.54, 1.807) is 0 Å². The number of aromatic amines is 1. The number of fused-ring (bicyclic) bond motifs is 1. The average molecular weight is 211 g/mol. The van der Waals surface area contributed by atoms with Crippen LogP contribution >= 0.6 is 11.6 Å². The zero-order chi connectivity index (χ0) is 10.6. The zero-order valence-electron chi connectivity index (χ0n) is 7.75. The quantitative estimate of drug-likeness (QED) is 0.696. The molecule has 1 aromatic carbocycles. The second kappa shape index (κ2) is 4.79. The van der Waals surface area contributed by atoms with Gasteiger partial charge in [0.2, 0.25) is 5.56 Å². The Morgan fingerprint density at radius 3 is 2.64 bits per heavy atom. The molecule has 0 amide bonds. The number of halogens is 1. The van der Waals surface area contributed by atoms with Gasteiger partial charge in [-0.15, -0.1) is 0 Å². The molecule has 0 fully saturated rings. The Morgan fingerprint density at radius 2 is 1.93 bits per heavy atom. The van der Waals surface area contributed by atoms with Gasteiger partial charge in [-0.3, -0.25) is 4.79 Å². The smallest absolute Gasteiger partial charge is 0.249 e. The lowest BCUT2D eigenvalue weighted by atomic mass is 10.2. The first-order chi connectivity index (χ1) is 6.77. The fourth-order valence-electron chi connectivity index (χ4n) is 1.16. The van der Waals surface area contributed by atoms with E-state index < -0.39 is 0 Å². The SMILES string of the molecule is CN.O=c1cc(Cl)c2ccccc2[nH]1. The lowest BCUT2D eigenvalue weighted by Gasteiger charge is -1.97.